The van der Waals surface area contributed by atoms with Crippen molar-refractivity contribution in [2.75, 3.05) is 19.6 Å². The first-order valence-corrected chi connectivity index (χ1v) is 9.05. The van der Waals surface area contributed by atoms with Gasteiger partial charge in [-0.2, -0.15) is 0 Å². The molecule has 2 rings (SSSR count). The van der Waals surface area contributed by atoms with Gasteiger partial charge < -0.3 is 4.74 Å². The number of hydrogen-bond donors (Lipinski definition) is 0. The quantitative estimate of drug-likeness (QED) is 0.697. The second-order valence-electron chi connectivity index (χ2n) is 6.74. The molecule has 0 heterocycles. The first-order valence-electron chi connectivity index (χ1n) is 9.05. The maximum atomic E-state index is 12.5. The fraction of sp³-hybridized carbons (Fsp3) is 0.650. The molecule has 0 amide bonds. The van der Waals surface area contributed by atoms with Gasteiger partial charge in [0.2, 0.25) is 0 Å². The molecule has 23 heavy (non-hydrogen) atoms. The van der Waals surface area contributed by atoms with Crippen molar-refractivity contribution in [2.45, 2.75) is 59.5 Å². The minimum absolute atomic E-state index is 0.00196. The van der Waals surface area contributed by atoms with Crippen LogP contribution in [0.3, 0.4) is 0 Å². The predicted molar refractivity (Wildman–Crippen MR) is 94.5 cm³/mol. The van der Waals surface area contributed by atoms with Crippen molar-refractivity contribution in [1.29, 1.82) is 0 Å². The van der Waals surface area contributed by atoms with Crippen LogP contribution in [-0.4, -0.2) is 30.5 Å². The smallest absolute Gasteiger partial charge is 0.309 e. The Morgan fingerprint density at radius 1 is 1.17 bits per heavy atom. The first-order chi connectivity index (χ1) is 11.0. The number of ether oxygens (including phenoxy) is 1. The van der Waals surface area contributed by atoms with Crippen LogP contribution in [-0.2, 0) is 9.53 Å². The zero-order valence-corrected chi connectivity index (χ0v) is 15.1. The third kappa shape index (κ3) is 4.81. The summed E-state index contributed by atoms with van der Waals surface area (Å²) in [5.74, 6) is 0.110. The van der Waals surface area contributed by atoms with E-state index in [2.05, 4.69) is 50.8 Å². The number of esters is 1. The maximum Gasteiger partial charge on any atom is 0.309 e. The third-order valence-corrected chi connectivity index (χ3v) is 5.17. The lowest BCUT2D eigenvalue weighted by molar-refractivity contribution is -0.155. The second kappa shape index (κ2) is 8.49. The maximum absolute atomic E-state index is 12.5. The van der Waals surface area contributed by atoms with Crippen LogP contribution in [0.25, 0.3) is 0 Å². The van der Waals surface area contributed by atoms with Crippen LogP contribution < -0.4 is 0 Å². The van der Waals surface area contributed by atoms with E-state index in [1.54, 1.807) is 0 Å². The number of nitrogens with zero attached hydrogens (tertiary/aromatic N) is 1. The zero-order chi connectivity index (χ0) is 16.8. The topological polar surface area (TPSA) is 29.5 Å². The highest BCUT2D eigenvalue weighted by Crippen LogP contribution is 2.29. The van der Waals surface area contributed by atoms with Crippen molar-refractivity contribution in [2.24, 2.45) is 5.92 Å². The number of carbonyl (C=O) groups excluding carboxylic acids is 1. The molecule has 0 saturated heterocycles. The van der Waals surface area contributed by atoms with Gasteiger partial charge in [0.1, 0.15) is 6.10 Å². The monoisotopic (exact) mass is 317 g/mol. The molecule has 0 aromatic heterocycles. The molecule has 1 atom stereocenters. The van der Waals surface area contributed by atoms with Crippen LogP contribution in [0.4, 0.5) is 0 Å². The molecule has 1 fully saturated rings. The molecule has 128 valence electrons. The summed E-state index contributed by atoms with van der Waals surface area (Å²) in [6, 6.07) is 6.41. The number of carbonyl (C=O) groups is 1. The Kier molecular flexibility index (Phi) is 6.64. The van der Waals surface area contributed by atoms with Crippen molar-refractivity contribution in [3.8, 4) is 0 Å². The number of benzene rings is 1. The second-order valence-corrected chi connectivity index (χ2v) is 6.74. The summed E-state index contributed by atoms with van der Waals surface area (Å²) < 4.78 is 5.97. The summed E-state index contributed by atoms with van der Waals surface area (Å²) in [7, 11) is 0. The van der Waals surface area contributed by atoms with Gasteiger partial charge in [-0.25, -0.2) is 0 Å². The van der Waals surface area contributed by atoms with Crippen molar-refractivity contribution in [3.63, 3.8) is 0 Å². The molecule has 1 aromatic carbocycles. The fourth-order valence-corrected chi connectivity index (χ4v) is 3.29. The van der Waals surface area contributed by atoms with Crippen LogP contribution in [0.15, 0.2) is 18.2 Å². The van der Waals surface area contributed by atoms with E-state index in [1.165, 1.54) is 11.1 Å². The van der Waals surface area contributed by atoms with Gasteiger partial charge in [0, 0.05) is 6.54 Å². The van der Waals surface area contributed by atoms with E-state index in [1.807, 2.05) is 0 Å². The normalized spacial score (nSPS) is 16.7. The Bertz CT molecular complexity index is 516. The van der Waals surface area contributed by atoms with E-state index in [4.69, 9.17) is 4.74 Å². The molecule has 1 aliphatic rings. The standard InChI is InChI=1S/C20H31NO2/c1-5-21(6-2)14-19(18-12-11-15(3)16(4)13-18)23-20(22)17-9-7-8-10-17/h11-13,17,19H,5-10,14H2,1-4H3. The SMILES string of the molecule is CCN(CC)CC(OC(=O)C1CCCC1)c1ccc(C)c(C)c1. The lowest BCUT2D eigenvalue weighted by atomic mass is 10.0. The minimum atomic E-state index is -0.165. The molecule has 0 N–H and O–H groups in total. The predicted octanol–water partition coefficient (Wildman–Crippen LogP) is 4.42. The van der Waals surface area contributed by atoms with Gasteiger partial charge in [0.25, 0.3) is 0 Å². The number of likely N-dealkylation sites (N-methyl/N-ethyl adjacent to an activating group) is 1. The Balaban J connectivity index is 2.16. The van der Waals surface area contributed by atoms with Crippen molar-refractivity contribution in [3.05, 3.63) is 34.9 Å². The van der Waals surface area contributed by atoms with E-state index >= 15 is 0 Å². The summed E-state index contributed by atoms with van der Waals surface area (Å²) >= 11 is 0. The number of hydrogen-bond acceptors (Lipinski definition) is 3. The summed E-state index contributed by atoms with van der Waals surface area (Å²) in [5, 5.41) is 0. The van der Waals surface area contributed by atoms with Gasteiger partial charge >= 0.3 is 5.97 Å². The fourth-order valence-electron chi connectivity index (χ4n) is 3.29. The highest BCUT2D eigenvalue weighted by atomic mass is 16.5. The Morgan fingerprint density at radius 2 is 1.83 bits per heavy atom. The van der Waals surface area contributed by atoms with Crippen LogP contribution in [0.2, 0.25) is 0 Å². The van der Waals surface area contributed by atoms with Gasteiger partial charge in [-0.15, -0.1) is 0 Å². The molecule has 1 aromatic rings. The minimum Gasteiger partial charge on any atom is -0.456 e. The van der Waals surface area contributed by atoms with Gasteiger partial charge in [-0.3, -0.25) is 9.69 Å². The lowest BCUT2D eigenvalue weighted by Crippen LogP contribution is -2.31. The molecular weight excluding hydrogens is 286 g/mol. The Labute approximate surface area is 141 Å². The molecule has 1 unspecified atom stereocenters. The van der Waals surface area contributed by atoms with E-state index in [9.17, 15) is 4.79 Å². The number of aryl methyl sites for hydroxylation is 2. The van der Waals surface area contributed by atoms with Gasteiger partial charge in [-0.05, 0) is 56.5 Å². The van der Waals surface area contributed by atoms with E-state index in [-0.39, 0.29) is 18.0 Å². The molecule has 1 saturated carbocycles. The molecule has 0 bridgehead atoms. The molecule has 1 aliphatic carbocycles. The molecule has 0 spiro atoms. The first kappa shape index (κ1) is 18.0. The summed E-state index contributed by atoms with van der Waals surface area (Å²) in [5.41, 5.74) is 3.65. The van der Waals surface area contributed by atoms with Crippen LogP contribution in [0.5, 0.6) is 0 Å². The Hall–Kier alpha value is -1.35. The average Bonchev–Trinajstić information content (AvgIpc) is 3.08. The van der Waals surface area contributed by atoms with E-state index < -0.39 is 0 Å². The Morgan fingerprint density at radius 3 is 2.39 bits per heavy atom. The molecule has 3 heteroatoms. The highest BCUT2D eigenvalue weighted by Gasteiger charge is 2.28. The highest BCUT2D eigenvalue weighted by molar-refractivity contribution is 5.73. The van der Waals surface area contributed by atoms with Gasteiger partial charge in [-0.1, -0.05) is 44.9 Å². The van der Waals surface area contributed by atoms with Gasteiger partial charge in [0.15, 0.2) is 0 Å². The van der Waals surface area contributed by atoms with Crippen molar-refractivity contribution < 1.29 is 9.53 Å². The molecule has 0 aliphatic heterocycles. The largest absolute Gasteiger partial charge is 0.456 e. The zero-order valence-electron chi connectivity index (χ0n) is 15.1. The molecular formula is C20H31NO2. The lowest BCUT2D eigenvalue weighted by Gasteiger charge is -2.27. The van der Waals surface area contributed by atoms with E-state index in [0.29, 0.717) is 0 Å². The van der Waals surface area contributed by atoms with Crippen LogP contribution >= 0.6 is 0 Å². The number of rotatable bonds is 7. The van der Waals surface area contributed by atoms with Crippen molar-refractivity contribution in [1.82, 2.24) is 4.90 Å². The summed E-state index contributed by atoms with van der Waals surface area (Å²) in [6.45, 7) is 11.3. The summed E-state index contributed by atoms with van der Waals surface area (Å²) in [6.07, 6.45) is 4.13. The van der Waals surface area contributed by atoms with Gasteiger partial charge in [0.05, 0.1) is 5.92 Å². The van der Waals surface area contributed by atoms with Crippen LogP contribution in [0.1, 0.15) is 62.3 Å². The van der Waals surface area contributed by atoms with E-state index in [0.717, 1.165) is 50.9 Å². The average molecular weight is 317 g/mol. The molecule has 0 radical (unpaired) electrons. The third-order valence-electron chi connectivity index (χ3n) is 5.17. The van der Waals surface area contributed by atoms with Crippen molar-refractivity contribution >= 4 is 5.97 Å². The van der Waals surface area contributed by atoms with Crippen LogP contribution in [0, 0.1) is 19.8 Å². The summed E-state index contributed by atoms with van der Waals surface area (Å²) in [4.78, 5) is 14.8. The molecule has 3 nitrogen and oxygen atoms in total.